The number of hydrogen-bond acceptors (Lipinski definition) is 6. The summed E-state index contributed by atoms with van der Waals surface area (Å²) in [5, 5.41) is 0. The third-order valence-electron chi connectivity index (χ3n) is 11.8. The van der Waals surface area contributed by atoms with Crippen molar-refractivity contribution in [1.82, 2.24) is 0 Å². The summed E-state index contributed by atoms with van der Waals surface area (Å²) < 4.78 is 16.8. The minimum Gasteiger partial charge on any atom is -0.462 e. The van der Waals surface area contributed by atoms with E-state index in [4.69, 9.17) is 14.2 Å². The summed E-state index contributed by atoms with van der Waals surface area (Å²) in [6.07, 6.45) is 71.5. The second-order valence-corrected chi connectivity index (χ2v) is 18.5. The van der Waals surface area contributed by atoms with Crippen molar-refractivity contribution in [3.8, 4) is 0 Å². The molecule has 0 aromatic heterocycles. The van der Waals surface area contributed by atoms with Crippen molar-refractivity contribution < 1.29 is 28.6 Å². The number of esters is 3. The topological polar surface area (TPSA) is 78.9 Å². The van der Waals surface area contributed by atoms with Crippen molar-refractivity contribution in [3.05, 3.63) is 85.1 Å². The molecule has 0 aromatic carbocycles. The molecule has 0 aliphatic heterocycles. The van der Waals surface area contributed by atoms with Gasteiger partial charge in [0, 0.05) is 19.3 Å². The van der Waals surface area contributed by atoms with Crippen LogP contribution in [0.25, 0.3) is 0 Å². The zero-order valence-corrected chi connectivity index (χ0v) is 43.9. The minimum absolute atomic E-state index is 0.111. The molecule has 0 N–H and O–H groups in total. The molecular formula is C61H104O6. The molecule has 0 bridgehead atoms. The van der Waals surface area contributed by atoms with Gasteiger partial charge in [0.1, 0.15) is 13.2 Å². The van der Waals surface area contributed by atoms with Crippen molar-refractivity contribution in [2.45, 2.75) is 271 Å². The first-order chi connectivity index (χ1) is 33.0. The molecule has 0 rings (SSSR count). The lowest BCUT2D eigenvalue weighted by atomic mass is 10.1. The molecule has 0 heterocycles. The monoisotopic (exact) mass is 933 g/mol. The third kappa shape index (κ3) is 53.4. The Morgan fingerprint density at radius 1 is 0.299 bits per heavy atom. The van der Waals surface area contributed by atoms with Crippen LogP contribution in [0.2, 0.25) is 0 Å². The average molecular weight is 933 g/mol. The molecule has 6 nitrogen and oxygen atoms in total. The van der Waals surface area contributed by atoms with Crippen LogP contribution in [0.4, 0.5) is 0 Å². The molecule has 67 heavy (non-hydrogen) atoms. The number of ether oxygens (including phenoxy) is 3. The van der Waals surface area contributed by atoms with Crippen LogP contribution >= 0.6 is 0 Å². The van der Waals surface area contributed by atoms with Crippen molar-refractivity contribution in [2.75, 3.05) is 13.2 Å². The van der Waals surface area contributed by atoms with Gasteiger partial charge in [0.05, 0.1) is 0 Å². The van der Waals surface area contributed by atoms with Gasteiger partial charge in [-0.25, -0.2) is 0 Å². The molecule has 0 amide bonds. The van der Waals surface area contributed by atoms with Gasteiger partial charge in [-0.3, -0.25) is 14.4 Å². The quantitative estimate of drug-likeness (QED) is 0.0262. The lowest BCUT2D eigenvalue weighted by Gasteiger charge is -2.18. The van der Waals surface area contributed by atoms with Crippen LogP contribution in [0.15, 0.2) is 85.1 Å². The second-order valence-electron chi connectivity index (χ2n) is 18.5. The number of carbonyl (C=O) groups excluding carboxylic acids is 3. The van der Waals surface area contributed by atoms with E-state index in [2.05, 4.69) is 106 Å². The van der Waals surface area contributed by atoms with Gasteiger partial charge in [-0.15, -0.1) is 0 Å². The summed E-state index contributed by atoms with van der Waals surface area (Å²) in [5.41, 5.74) is 0. The standard InChI is InChI=1S/C61H104O6/c1-4-7-10-13-16-19-22-25-28-30-33-36-39-42-45-48-51-54-60(63)66-57-58(56-65-59(62)53-50-47-44-41-38-35-32-27-24-21-18-15-12-9-6-3)67-61(64)55-52-49-46-43-40-37-34-31-29-26-23-20-17-14-11-8-5-2/h18,21,25-29,32,34,37-38,41,43,46,58H,4-17,19-20,22-24,30-31,33,35-36,39-40,42,44-45,47-57H2,1-3H3/b21-18-,28-25-,29-26-,32-27-,37-34-,41-38-,46-43-/t58-/m1/s1. The Morgan fingerprint density at radius 2 is 0.552 bits per heavy atom. The van der Waals surface area contributed by atoms with Gasteiger partial charge in [0.25, 0.3) is 0 Å². The highest BCUT2D eigenvalue weighted by atomic mass is 16.6. The van der Waals surface area contributed by atoms with Crippen LogP contribution in [-0.4, -0.2) is 37.2 Å². The summed E-state index contributed by atoms with van der Waals surface area (Å²) in [4.78, 5) is 38.1. The van der Waals surface area contributed by atoms with E-state index in [-0.39, 0.29) is 37.5 Å². The molecule has 0 aliphatic rings. The summed E-state index contributed by atoms with van der Waals surface area (Å²) in [6.45, 7) is 6.53. The Bertz CT molecular complexity index is 1300. The summed E-state index contributed by atoms with van der Waals surface area (Å²) in [5.74, 6) is -1.00. The highest BCUT2D eigenvalue weighted by Gasteiger charge is 2.19. The van der Waals surface area contributed by atoms with Gasteiger partial charge in [0.2, 0.25) is 0 Å². The Labute approximate surface area is 414 Å². The van der Waals surface area contributed by atoms with Crippen LogP contribution in [-0.2, 0) is 28.6 Å². The molecule has 6 heteroatoms. The lowest BCUT2D eigenvalue weighted by Crippen LogP contribution is -2.30. The maximum Gasteiger partial charge on any atom is 0.306 e. The Morgan fingerprint density at radius 3 is 0.955 bits per heavy atom. The van der Waals surface area contributed by atoms with Gasteiger partial charge < -0.3 is 14.2 Å². The Balaban J connectivity index is 4.52. The van der Waals surface area contributed by atoms with Gasteiger partial charge in [-0.05, 0) is 116 Å². The third-order valence-corrected chi connectivity index (χ3v) is 11.8. The zero-order valence-electron chi connectivity index (χ0n) is 43.9. The van der Waals surface area contributed by atoms with E-state index in [9.17, 15) is 14.4 Å². The number of rotatable bonds is 50. The molecule has 0 aromatic rings. The molecule has 384 valence electrons. The van der Waals surface area contributed by atoms with Crippen LogP contribution in [0.1, 0.15) is 265 Å². The van der Waals surface area contributed by atoms with Crippen LogP contribution in [0.5, 0.6) is 0 Å². The fraction of sp³-hybridized carbons (Fsp3) is 0.721. The summed E-state index contributed by atoms with van der Waals surface area (Å²) in [6, 6.07) is 0. The van der Waals surface area contributed by atoms with E-state index < -0.39 is 6.10 Å². The zero-order chi connectivity index (χ0) is 48.6. The smallest absolute Gasteiger partial charge is 0.306 e. The number of allylic oxidation sites excluding steroid dienone is 14. The van der Waals surface area contributed by atoms with E-state index in [1.165, 1.54) is 148 Å². The van der Waals surface area contributed by atoms with Crippen LogP contribution < -0.4 is 0 Å². The van der Waals surface area contributed by atoms with Gasteiger partial charge in [-0.1, -0.05) is 215 Å². The van der Waals surface area contributed by atoms with Gasteiger partial charge in [0.15, 0.2) is 6.10 Å². The molecular weight excluding hydrogens is 829 g/mol. The molecule has 0 aliphatic carbocycles. The molecule has 0 fully saturated rings. The normalized spacial score (nSPS) is 12.7. The molecule has 0 unspecified atom stereocenters. The fourth-order valence-electron chi connectivity index (χ4n) is 7.58. The molecule has 0 radical (unpaired) electrons. The Hall–Kier alpha value is -3.41. The van der Waals surface area contributed by atoms with Gasteiger partial charge >= 0.3 is 17.9 Å². The van der Waals surface area contributed by atoms with E-state index in [1.807, 2.05) is 0 Å². The van der Waals surface area contributed by atoms with Crippen molar-refractivity contribution in [2.24, 2.45) is 0 Å². The maximum absolute atomic E-state index is 12.8. The highest BCUT2D eigenvalue weighted by Crippen LogP contribution is 2.13. The molecule has 0 saturated heterocycles. The SMILES string of the molecule is CCCCC/C=C\C/C=C\C/C=C\CCCCC(=O)OC[C@H](COC(=O)CCCCCCCCC/C=C\CCCCCCCC)OC(=O)CCC/C=C\C/C=C\C/C=C\CCCCCCCC. The first kappa shape index (κ1) is 63.6. The first-order valence-corrected chi connectivity index (χ1v) is 28.1. The minimum atomic E-state index is -0.821. The fourth-order valence-corrected chi connectivity index (χ4v) is 7.58. The van der Waals surface area contributed by atoms with E-state index in [0.29, 0.717) is 19.3 Å². The summed E-state index contributed by atoms with van der Waals surface area (Å²) in [7, 11) is 0. The number of hydrogen-bond donors (Lipinski definition) is 0. The second kappa shape index (κ2) is 55.2. The Kier molecular flexibility index (Phi) is 52.4. The maximum atomic E-state index is 12.8. The lowest BCUT2D eigenvalue weighted by molar-refractivity contribution is -0.167. The predicted molar refractivity (Wildman–Crippen MR) is 288 cm³/mol. The number of unbranched alkanes of at least 4 members (excludes halogenated alkanes) is 25. The van der Waals surface area contributed by atoms with Crippen molar-refractivity contribution in [3.63, 3.8) is 0 Å². The molecule has 0 spiro atoms. The van der Waals surface area contributed by atoms with E-state index in [1.54, 1.807) is 0 Å². The summed E-state index contributed by atoms with van der Waals surface area (Å²) >= 11 is 0. The first-order valence-electron chi connectivity index (χ1n) is 28.1. The van der Waals surface area contributed by atoms with Gasteiger partial charge in [-0.2, -0.15) is 0 Å². The average Bonchev–Trinajstić information content (AvgIpc) is 3.33. The highest BCUT2D eigenvalue weighted by molar-refractivity contribution is 5.71. The molecule has 0 saturated carbocycles. The van der Waals surface area contributed by atoms with E-state index >= 15 is 0 Å². The molecule has 1 atom stereocenters. The number of carbonyl (C=O) groups is 3. The largest absolute Gasteiger partial charge is 0.462 e. The van der Waals surface area contributed by atoms with Crippen molar-refractivity contribution in [1.29, 1.82) is 0 Å². The van der Waals surface area contributed by atoms with E-state index in [0.717, 1.165) is 70.6 Å². The van der Waals surface area contributed by atoms with Crippen molar-refractivity contribution >= 4 is 17.9 Å². The van der Waals surface area contributed by atoms with Crippen LogP contribution in [0.3, 0.4) is 0 Å². The predicted octanol–water partition coefficient (Wildman–Crippen LogP) is 18.8. The van der Waals surface area contributed by atoms with Crippen LogP contribution in [0, 0.1) is 0 Å².